The molecular weight excluding hydrogens is 332 g/mol. The molecule has 0 saturated carbocycles. The van der Waals surface area contributed by atoms with Crippen molar-refractivity contribution in [2.75, 3.05) is 27.3 Å². The summed E-state index contributed by atoms with van der Waals surface area (Å²) >= 11 is 0. The second-order valence-corrected chi connectivity index (χ2v) is 6.15. The third kappa shape index (κ3) is 4.26. The third-order valence-electron chi connectivity index (χ3n) is 4.34. The molecule has 0 radical (unpaired) electrons. The van der Waals surface area contributed by atoms with Gasteiger partial charge in [-0.25, -0.2) is 0 Å². The van der Waals surface area contributed by atoms with Crippen LogP contribution < -0.4 is 24.8 Å². The molecular formula is C20H24N2O4. The molecule has 0 aromatic heterocycles. The van der Waals surface area contributed by atoms with Crippen LogP contribution >= 0.6 is 0 Å². The summed E-state index contributed by atoms with van der Waals surface area (Å²) in [6.07, 6.45) is 0.929. The Morgan fingerprint density at radius 3 is 2.42 bits per heavy atom. The van der Waals surface area contributed by atoms with Gasteiger partial charge in [0, 0.05) is 18.2 Å². The summed E-state index contributed by atoms with van der Waals surface area (Å²) in [6.45, 7) is 2.09. The molecule has 1 atom stereocenters. The van der Waals surface area contributed by atoms with Gasteiger partial charge in [-0.3, -0.25) is 4.79 Å². The topological polar surface area (TPSA) is 68.8 Å². The number of methoxy groups -OCH3 is 2. The first-order valence-corrected chi connectivity index (χ1v) is 8.65. The van der Waals surface area contributed by atoms with Crippen LogP contribution in [-0.2, 0) is 6.61 Å². The Morgan fingerprint density at radius 2 is 1.85 bits per heavy atom. The molecule has 0 aliphatic carbocycles. The number of carbonyl (C=O) groups excluding carboxylic acids is 1. The van der Waals surface area contributed by atoms with Crippen molar-refractivity contribution in [1.82, 2.24) is 10.6 Å². The Labute approximate surface area is 153 Å². The highest BCUT2D eigenvalue weighted by atomic mass is 16.5. The van der Waals surface area contributed by atoms with Crippen LogP contribution in [0.1, 0.15) is 22.3 Å². The first-order chi connectivity index (χ1) is 12.7. The standard InChI is InChI=1S/C20H24N2O4/c1-24-17-10-15(20(23)22-16-8-9-21-12-16)11-18(25-2)19(17)26-13-14-6-4-3-5-7-14/h3-7,10-11,16,21H,8-9,12-13H2,1-2H3,(H,22,23). The van der Waals surface area contributed by atoms with E-state index >= 15 is 0 Å². The summed E-state index contributed by atoms with van der Waals surface area (Å²) < 4.78 is 16.8. The molecule has 1 aliphatic heterocycles. The minimum absolute atomic E-state index is 0.147. The normalized spacial score (nSPS) is 16.2. The zero-order chi connectivity index (χ0) is 18.4. The molecule has 1 fully saturated rings. The van der Waals surface area contributed by atoms with E-state index < -0.39 is 0 Å². The number of nitrogens with one attached hydrogen (secondary N) is 2. The summed E-state index contributed by atoms with van der Waals surface area (Å²) in [5, 5.41) is 6.25. The number of hydrogen-bond donors (Lipinski definition) is 2. The molecule has 2 N–H and O–H groups in total. The average molecular weight is 356 g/mol. The molecule has 1 saturated heterocycles. The maximum absolute atomic E-state index is 12.5. The number of rotatable bonds is 7. The van der Waals surface area contributed by atoms with Crippen LogP contribution in [0.5, 0.6) is 17.2 Å². The predicted molar refractivity (Wildman–Crippen MR) is 99.1 cm³/mol. The summed E-state index contributed by atoms with van der Waals surface area (Å²) in [5.41, 5.74) is 1.52. The van der Waals surface area contributed by atoms with Gasteiger partial charge in [0.25, 0.3) is 5.91 Å². The molecule has 26 heavy (non-hydrogen) atoms. The lowest BCUT2D eigenvalue weighted by atomic mass is 10.1. The van der Waals surface area contributed by atoms with Gasteiger partial charge in [-0.05, 0) is 30.7 Å². The van der Waals surface area contributed by atoms with Gasteiger partial charge in [0.15, 0.2) is 11.5 Å². The fourth-order valence-corrected chi connectivity index (χ4v) is 2.93. The Bertz CT molecular complexity index is 718. The third-order valence-corrected chi connectivity index (χ3v) is 4.34. The van der Waals surface area contributed by atoms with E-state index in [0.717, 1.165) is 25.1 Å². The Balaban J connectivity index is 1.79. The van der Waals surface area contributed by atoms with Gasteiger partial charge < -0.3 is 24.8 Å². The van der Waals surface area contributed by atoms with E-state index in [-0.39, 0.29) is 11.9 Å². The number of amides is 1. The maximum atomic E-state index is 12.5. The molecule has 138 valence electrons. The minimum Gasteiger partial charge on any atom is -0.493 e. The molecule has 2 aromatic rings. The predicted octanol–water partition coefficient (Wildman–Crippen LogP) is 2.37. The van der Waals surface area contributed by atoms with Gasteiger partial charge in [-0.1, -0.05) is 30.3 Å². The van der Waals surface area contributed by atoms with Gasteiger partial charge in [0.2, 0.25) is 5.75 Å². The Kier molecular flexibility index (Phi) is 5.96. The Morgan fingerprint density at radius 1 is 1.15 bits per heavy atom. The minimum atomic E-state index is -0.148. The molecule has 1 heterocycles. The van der Waals surface area contributed by atoms with Gasteiger partial charge in [0.05, 0.1) is 14.2 Å². The number of benzene rings is 2. The van der Waals surface area contributed by atoms with Crippen molar-refractivity contribution in [2.45, 2.75) is 19.1 Å². The zero-order valence-corrected chi connectivity index (χ0v) is 15.1. The van der Waals surface area contributed by atoms with Crippen LogP contribution in [0.2, 0.25) is 0 Å². The van der Waals surface area contributed by atoms with Gasteiger partial charge in [-0.15, -0.1) is 0 Å². The maximum Gasteiger partial charge on any atom is 0.251 e. The van der Waals surface area contributed by atoms with E-state index in [1.165, 1.54) is 0 Å². The lowest BCUT2D eigenvalue weighted by molar-refractivity contribution is 0.0939. The second kappa shape index (κ2) is 8.58. The van der Waals surface area contributed by atoms with Crippen LogP contribution in [0, 0.1) is 0 Å². The summed E-state index contributed by atoms with van der Waals surface area (Å²) in [6, 6.07) is 13.3. The largest absolute Gasteiger partial charge is 0.493 e. The average Bonchev–Trinajstić information content (AvgIpc) is 3.19. The van der Waals surface area contributed by atoms with Crippen LogP contribution in [0.4, 0.5) is 0 Å². The summed E-state index contributed by atoms with van der Waals surface area (Å²) in [4.78, 5) is 12.5. The second-order valence-electron chi connectivity index (χ2n) is 6.15. The van der Waals surface area contributed by atoms with E-state index in [4.69, 9.17) is 14.2 Å². The van der Waals surface area contributed by atoms with Gasteiger partial charge in [-0.2, -0.15) is 0 Å². The van der Waals surface area contributed by atoms with E-state index in [1.807, 2.05) is 30.3 Å². The highest BCUT2D eigenvalue weighted by molar-refractivity contribution is 5.95. The number of hydrogen-bond acceptors (Lipinski definition) is 5. The van der Waals surface area contributed by atoms with Gasteiger partial charge in [0.1, 0.15) is 6.61 Å². The fourth-order valence-electron chi connectivity index (χ4n) is 2.93. The molecule has 3 rings (SSSR count). The van der Waals surface area contributed by atoms with Gasteiger partial charge >= 0.3 is 0 Å². The monoisotopic (exact) mass is 356 g/mol. The van der Waals surface area contributed by atoms with Crippen molar-refractivity contribution in [2.24, 2.45) is 0 Å². The van der Waals surface area contributed by atoms with Crippen molar-refractivity contribution in [3.63, 3.8) is 0 Å². The van der Waals surface area contributed by atoms with E-state index in [1.54, 1.807) is 26.4 Å². The lowest BCUT2D eigenvalue weighted by Gasteiger charge is -2.17. The highest BCUT2D eigenvalue weighted by Gasteiger charge is 2.21. The van der Waals surface area contributed by atoms with Crippen LogP contribution in [0.25, 0.3) is 0 Å². The zero-order valence-electron chi connectivity index (χ0n) is 15.1. The lowest BCUT2D eigenvalue weighted by Crippen LogP contribution is -2.36. The molecule has 2 aromatic carbocycles. The number of carbonyl (C=O) groups is 1. The number of ether oxygens (including phenoxy) is 3. The quantitative estimate of drug-likeness (QED) is 0.797. The van der Waals surface area contributed by atoms with E-state index in [0.29, 0.717) is 29.4 Å². The van der Waals surface area contributed by atoms with Crippen molar-refractivity contribution in [3.05, 3.63) is 53.6 Å². The smallest absolute Gasteiger partial charge is 0.251 e. The SMILES string of the molecule is COc1cc(C(=O)NC2CCNC2)cc(OC)c1OCc1ccccc1. The van der Waals surface area contributed by atoms with Crippen LogP contribution in [-0.4, -0.2) is 39.3 Å². The molecule has 1 unspecified atom stereocenters. The van der Waals surface area contributed by atoms with Crippen molar-refractivity contribution < 1.29 is 19.0 Å². The van der Waals surface area contributed by atoms with Crippen molar-refractivity contribution in [3.8, 4) is 17.2 Å². The first kappa shape index (κ1) is 18.1. The Hall–Kier alpha value is -2.73. The van der Waals surface area contributed by atoms with E-state index in [9.17, 15) is 4.79 Å². The molecule has 1 amide bonds. The van der Waals surface area contributed by atoms with E-state index in [2.05, 4.69) is 10.6 Å². The van der Waals surface area contributed by atoms with Crippen LogP contribution in [0.15, 0.2) is 42.5 Å². The first-order valence-electron chi connectivity index (χ1n) is 8.65. The molecule has 6 nitrogen and oxygen atoms in total. The molecule has 6 heteroatoms. The fraction of sp³-hybridized carbons (Fsp3) is 0.350. The molecule has 0 spiro atoms. The van der Waals surface area contributed by atoms with Crippen LogP contribution in [0.3, 0.4) is 0 Å². The summed E-state index contributed by atoms with van der Waals surface area (Å²) in [5.74, 6) is 1.27. The van der Waals surface area contributed by atoms with Crippen molar-refractivity contribution in [1.29, 1.82) is 0 Å². The molecule has 1 aliphatic rings. The highest BCUT2D eigenvalue weighted by Crippen LogP contribution is 2.39. The van der Waals surface area contributed by atoms with Crippen molar-refractivity contribution >= 4 is 5.91 Å². The molecule has 0 bridgehead atoms. The summed E-state index contributed by atoms with van der Waals surface area (Å²) in [7, 11) is 3.10.